The number of carbonyl (C=O) groups excluding carboxylic acids is 1. The van der Waals surface area contributed by atoms with Gasteiger partial charge in [-0.1, -0.05) is 6.92 Å². The molecule has 1 N–H and O–H groups in total. The molecule has 1 aromatic heterocycles. The molecule has 0 saturated carbocycles. The molecule has 0 unspecified atom stereocenters. The van der Waals surface area contributed by atoms with Gasteiger partial charge in [0.2, 0.25) is 0 Å². The summed E-state index contributed by atoms with van der Waals surface area (Å²) in [7, 11) is 1.71. The van der Waals surface area contributed by atoms with E-state index in [4.69, 9.17) is 5.11 Å². The van der Waals surface area contributed by atoms with Crippen LogP contribution in [0.25, 0.3) is 0 Å². The summed E-state index contributed by atoms with van der Waals surface area (Å²) >= 11 is 0. The molecule has 0 bridgehead atoms. The number of amides is 1. The minimum absolute atomic E-state index is 0.241. The van der Waals surface area contributed by atoms with E-state index in [1.165, 1.54) is 9.58 Å². The van der Waals surface area contributed by atoms with Crippen molar-refractivity contribution < 1.29 is 14.7 Å². The SMILES string of the molecule is CCc1cc(C(=O)N2CCC[C@@H]2C(=O)O)n(C)n1. The summed E-state index contributed by atoms with van der Waals surface area (Å²) in [4.78, 5) is 24.8. The molecule has 1 atom stereocenters. The largest absolute Gasteiger partial charge is 0.480 e. The first kappa shape index (κ1) is 12.6. The molecular weight excluding hydrogens is 234 g/mol. The molecule has 6 heteroatoms. The highest BCUT2D eigenvalue weighted by atomic mass is 16.4. The minimum atomic E-state index is -0.932. The first-order valence-electron chi connectivity index (χ1n) is 6.11. The zero-order valence-electron chi connectivity index (χ0n) is 10.6. The highest BCUT2D eigenvalue weighted by molar-refractivity contribution is 5.95. The molecule has 18 heavy (non-hydrogen) atoms. The van der Waals surface area contributed by atoms with Crippen molar-refractivity contribution in [1.29, 1.82) is 0 Å². The van der Waals surface area contributed by atoms with Crippen LogP contribution < -0.4 is 0 Å². The van der Waals surface area contributed by atoms with E-state index in [-0.39, 0.29) is 5.91 Å². The second-order valence-corrected chi connectivity index (χ2v) is 4.49. The van der Waals surface area contributed by atoms with Gasteiger partial charge in [0.05, 0.1) is 5.69 Å². The van der Waals surface area contributed by atoms with Crippen LogP contribution in [0.3, 0.4) is 0 Å². The van der Waals surface area contributed by atoms with Crippen LogP contribution in [0.15, 0.2) is 6.07 Å². The third-order valence-electron chi connectivity index (χ3n) is 3.31. The second-order valence-electron chi connectivity index (χ2n) is 4.49. The van der Waals surface area contributed by atoms with Crippen molar-refractivity contribution in [2.75, 3.05) is 6.54 Å². The molecule has 2 rings (SSSR count). The van der Waals surface area contributed by atoms with Gasteiger partial charge in [0.1, 0.15) is 11.7 Å². The van der Waals surface area contributed by atoms with E-state index in [1.807, 2.05) is 6.92 Å². The van der Waals surface area contributed by atoms with Crippen molar-refractivity contribution in [1.82, 2.24) is 14.7 Å². The summed E-state index contributed by atoms with van der Waals surface area (Å²) in [6.45, 7) is 2.47. The van der Waals surface area contributed by atoms with Crippen molar-refractivity contribution >= 4 is 11.9 Å². The van der Waals surface area contributed by atoms with Gasteiger partial charge < -0.3 is 10.0 Å². The zero-order valence-corrected chi connectivity index (χ0v) is 10.6. The predicted octanol–water partition coefficient (Wildman–Crippen LogP) is 0.672. The third kappa shape index (κ3) is 2.10. The lowest BCUT2D eigenvalue weighted by Crippen LogP contribution is -2.41. The summed E-state index contributed by atoms with van der Waals surface area (Å²) in [6.07, 6.45) is 2.02. The number of likely N-dealkylation sites (tertiary alicyclic amines) is 1. The van der Waals surface area contributed by atoms with Gasteiger partial charge >= 0.3 is 5.97 Å². The standard InChI is InChI=1S/C12H17N3O3/c1-3-8-7-10(14(2)13-8)11(16)15-6-4-5-9(15)12(17)18/h7,9H,3-6H2,1-2H3,(H,17,18)/t9-/m1/s1. The van der Waals surface area contributed by atoms with Crippen LogP contribution in [-0.4, -0.2) is 44.3 Å². The van der Waals surface area contributed by atoms with Crippen molar-refractivity contribution in [2.45, 2.75) is 32.2 Å². The average molecular weight is 251 g/mol. The van der Waals surface area contributed by atoms with Crippen LogP contribution in [0.1, 0.15) is 35.9 Å². The maximum atomic E-state index is 12.3. The Labute approximate surface area is 105 Å². The van der Waals surface area contributed by atoms with Gasteiger partial charge in [-0.05, 0) is 25.3 Å². The third-order valence-corrected chi connectivity index (χ3v) is 3.31. The molecule has 2 heterocycles. The number of aliphatic carboxylic acids is 1. The van der Waals surface area contributed by atoms with Crippen molar-refractivity contribution in [3.05, 3.63) is 17.5 Å². The quantitative estimate of drug-likeness (QED) is 0.856. The highest BCUT2D eigenvalue weighted by Gasteiger charge is 2.35. The Morgan fingerprint density at radius 3 is 2.83 bits per heavy atom. The van der Waals surface area contributed by atoms with Crippen LogP contribution in [0.5, 0.6) is 0 Å². The molecule has 0 radical (unpaired) electrons. The van der Waals surface area contributed by atoms with Gasteiger partial charge in [0, 0.05) is 13.6 Å². The molecule has 0 spiro atoms. The Kier molecular flexibility index (Phi) is 3.36. The molecule has 1 fully saturated rings. The van der Waals surface area contributed by atoms with Gasteiger partial charge in [-0.2, -0.15) is 5.10 Å². The normalized spacial score (nSPS) is 19.2. The number of aryl methyl sites for hydroxylation is 2. The fourth-order valence-electron chi connectivity index (χ4n) is 2.31. The van der Waals surface area contributed by atoms with E-state index in [0.717, 1.165) is 18.5 Å². The predicted molar refractivity (Wildman–Crippen MR) is 64.3 cm³/mol. The molecule has 1 saturated heterocycles. The molecular formula is C12H17N3O3. The number of rotatable bonds is 3. The number of carbonyl (C=O) groups is 2. The summed E-state index contributed by atoms with van der Waals surface area (Å²) in [6, 6.07) is 1.04. The maximum absolute atomic E-state index is 12.3. The molecule has 0 aliphatic carbocycles. The molecule has 0 aromatic carbocycles. The van der Waals surface area contributed by atoms with Gasteiger partial charge in [-0.3, -0.25) is 9.48 Å². The van der Waals surface area contributed by atoms with E-state index in [0.29, 0.717) is 18.7 Å². The second kappa shape index (κ2) is 4.80. The first-order chi connectivity index (χ1) is 8.54. The first-order valence-corrected chi connectivity index (χ1v) is 6.11. The number of carboxylic acid groups (broad SMARTS) is 1. The van der Waals surface area contributed by atoms with Crippen LogP contribution in [0.2, 0.25) is 0 Å². The molecule has 1 aliphatic heterocycles. The lowest BCUT2D eigenvalue weighted by atomic mass is 10.2. The number of carboxylic acids is 1. The van der Waals surface area contributed by atoms with E-state index in [9.17, 15) is 9.59 Å². The van der Waals surface area contributed by atoms with Crippen LogP contribution in [0.4, 0.5) is 0 Å². The summed E-state index contributed by atoms with van der Waals surface area (Å²) < 4.78 is 1.53. The highest BCUT2D eigenvalue weighted by Crippen LogP contribution is 2.20. The number of nitrogens with zero attached hydrogens (tertiary/aromatic N) is 3. The van der Waals surface area contributed by atoms with Crippen molar-refractivity contribution in [2.24, 2.45) is 7.05 Å². The summed E-state index contributed by atoms with van der Waals surface area (Å²) in [5.41, 5.74) is 1.30. The van der Waals surface area contributed by atoms with Crippen LogP contribution in [0, 0.1) is 0 Å². The molecule has 1 amide bonds. The lowest BCUT2D eigenvalue weighted by Gasteiger charge is -2.21. The molecule has 1 aromatic rings. The molecule has 6 nitrogen and oxygen atoms in total. The van der Waals surface area contributed by atoms with Gasteiger partial charge in [0.15, 0.2) is 0 Å². The minimum Gasteiger partial charge on any atom is -0.480 e. The molecule has 1 aliphatic rings. The van der Waals surface area contributed by atoms with Crippen LogP contribution >= 0.6 is 0 Å². The maximum Gasteiger partial charge on any atom is 0.326 e. The topological polar surface area (TPSA) is 75.4 Å². The van der Waals surface area contributed by atoms with Gasteiger partial charge in [-0.25, -0.2) is 4.79 Å². The monoisotopic (exact) mass is 251 g/mol. The number of hydrogen-bond acceptors (Lipinski definition) is 3. The Morgan fingerprint density at radius 1 is 1.56 bits per heavy atom. The Hall–Kier alpha value is -1.85. The smallest absolute Gasteiger partial charge is 0.326 e. The lowest BCUT2D eigenvalue weighted by molar-refractivity contribution is -0.141. The van der Waals surface area contributed by atoms with E-state index < -0.39 is 12.0 Å². The average Bonchev–Trinajstić information content (AvgIpc) is 2.94. The van der Waals surface area contributed by atoms with Gasteiger partial charge in [0.25, 0.3) is 5.91 Å². The number of hydrogen-bond donors (Lipinski definition) is 1. The Bertz CT molecular complexity index is 481. The van der Waals surface area contributed by atoms with Crippen molar-refractivity contribution in [3.63, 3.8) is 0 Å². The molecule has 98 valence electrons. The van der Waals surface area contributed by atoms with Crippen molar-refractivity contribution in [3.8, 4) is 0 Å². The van der Waals surface area contributed by atoms with E-state index in [1.54, 1.807) is 13.1 Å². The van der Waals surface area contributed by atoms with Crippen LogP contribution in [-0.2, 0) is 18.3 Å². The van der Waals surface area contributed by atoms with E-state index >= 15 is 0 Å². The van der Waals surface area contributed by atoms with E-state index in [2.05, 4.69) is 5.10 Å². The van der Waals surface area contributed by atoms with Gasteiger partial charge in [-0.15, -0.1) is 0 Å². The fraction of sp³-hybridized carbons (Fsp3) is 0.583. The fourth-order valence-corrected chi connectivity index (χ4v) is 2.31. The Morgan fingerprint density at radius 2 is 2.28 bits per heavy atom. The number of aromatic nitrogens is 2. The Balaban J connectivity index is 2.25. The summed E-state index contributed by atoms with van der Waals surface area (Å²) in [5, 5.41) is 13.3. The summed E-state index contributed by atoms with van der Waals surface area (Å²) in [5.74, 6) is -1.17. The zero-order chi connectivity index (χ0) is 13.3.